The van der Waals surface area contributed by atoms with Crippen LogP contribution in [0.5, 0.6) is 0 Å². The highest BCUT2D eigenvalue weighted by Crippen LogP contribution is 2.41. The minimum Gasteiger partial charge on any atom is -0.378 e. The van der Waals surface area contributed by atoms with Crippen LogP contribution in [0.1, 0.15) is 49.2 Å². The maximum Gasteiger partial charge on any atom is 0.224 e. The van der Waals surface area contributed by atoms with Gasteiger partial charge in [0.05, 0.1) is 6.04 Å². The highest BCUT2D eigenvalue weighted by Gasteiger charge is 2.32. The Hall–Kier alpha value is -3.11. The second-order valence-corrected chi connectivity index (χ2v) is 8.52. The number of Topliss-reactive ketones (excluding diaryl/α,β-unsaturated/α-hetero) is 1. The number of carbonyl (C=O) groups is 2. The molecule has 3 aromatic carbocycles. The van der Waals surface area contributed by atoms with E-state index in [1.54, 1.807) is 13.8 Å². The SMILES string of the molecule is CC(=O)c1ccc(-c2ccc3c(c2)C(Nc2ccc(Cl)cc2)CC(C)N3C(C)=O)cc1. The molecule has 0 radical (unpaired) electrons. The van der Waals surface area contributed by atoms with Crippen molar-refractivity contribution in [2.45, 2.75) is 39.3 Å². The fourth-order valence-electron chi connectivity index (χ4n) is 4.30. The number of nitrogens with one attached hydrogen (secondary N) is 1. The van der Waals surface area contributed by atoms with Gasteiger partial charge in [0.25, 0.3) is 0 Å². The van der Waals surface area contributed by atoms with E-state index in [9.17, 15) is 9.59 Å². The first-order valence-electron chi connectivity index (χ1n) is 10.4. The fourth-order valence-corrected chi connectivity index (χ4v) is 4.43. The van der Waals surface area contributed by atoms with Crippen LogP contribution in [-0.2, 0) is 4.79 Å². The summed E-state index contributed by atoms with van der Waals surface area (Å²) in [6.07, 6.45) is 0.794. The Labute approximate surface area is 187 Å². The molecule has 0 bridgehead atoms. The number of nitrogens with zero attached hydrogens (tertiary/aromatic N) is 1. The Morgan fingerprint density at radius 2 is 1.58 bits per heavy atom. The summed E-state index contributed by atoms with van der Waals surface area (Å²) in [6, 6.07) is 21.6. The highest BCUT2D eigenvalue weighted by atomic mass is 35.5. The van der Waals surface area contributed by atoms with Crippen LogP contribution in [0.15, 0.2) is 66.7 Å². The number of fused-ring (bicyclic) bond motifs is 1. The lowest BCUT2D eigenvalue weighted by Gasteiger charge is -2.39. The van der Waals surface area contributed by atoms with Crippen LogP contribution in [0.4, 0.5) is 11.4 Å². The molecule has 4 rings (SSSR count). The number of benzene rings is 3. The lowest BCUT2D eigenvalue weighted by molar-refractivity contribution is -0.117. The van der Waals surface area contributed by atoms with Crippen LogP contribution in [0.2, 0.25) is 5.02 Å². The summed E-state index contributed by atoms with van der Waals surface area (Å²) >= 11 is 6.04. The van der Waals surface area contributed by atoms with Crippen LogP contribution >= 0.6 is 11.6 Å². The molecule has 2 atom stereocenters. The third kappa shape index (κ3) is 4.35. The van der Waals surface area contributed by atoms with E-state index in [2.05, 4.69) is 18.3 Å². The number of rotatable bonds is 4. The molecular weight excluding hydrogens is 408 g/mol. The summed E-state index contributed by atoms with van der Waals surface area (Å²) < 4.78 is 0. The molecule has 1 aliphatic rings. The van der Waals surface area contributed by atoms with E-state index in [-0.39, 0.29) is 23.8 Å². The maximum absolute atomic E-state index is 12.4. The first-order valence-corrected chi connectivity index (χ1v) is 10.8. The van der Waals surface area contributed by atoms with Crippen molar-refractivity contribution in [3.63, 3.8) is 0 Å². The van der Waals surface area contributed by atoms with Gasteiger partial charge in [-0.1, -0.05) is 41.9 Å². The quantitative estimate of drug-likeness (QED) is 0.478. The third-order valence-electron chi connectivity index (χ3n) is 5.83. The Morgan fingerprint density at radius 1 is 0.935 bits per heavy atom. The van der Waals surface area contributed by atoms with E-state index in [1.165, 1.54) is 0 Å². The van der Waals surface area contributed by atoms with Gasteiger partial charge in [-0.05, 0) is 73.4 Å². The number of anilines is 2. The van der Waals surface area contributed by atoms with Gasteiger partial charge in [0.2, 0.25) is 5.91 Å². The smallest absolute Gasteiger partial charge is 0.224 e. The normalized spacial score (nSPS) is 17.7. The Kier molecular flexibility index (Phi) is 5.84. The van der Waals surface area contributed by atoms with Gasteiger partial charge in [-0.25, -0.2) is 0 Å². The number of hydrogen-bond donors (Lipinski definition) is 1. The van der Waals surface area contributed by atoms with Crippen molar-refractivity contribution in [3.8, 4) is 11.1 Å². The molecule has 0 fully saturated rings. The molecule has 1 amide bonds. The molecule has 158 valence electrons. The van der Waals surface area contributed by atoms with Crippen LogP contribution in [0.25, 0.3) is 11.1 Å². The van der Waals surface area contributed by atoms with Crippen LogP contribution < -0.4 is 10.2 Å². The molecule has 5 heteroatoms. The average molecular weight is 433 g/mol. The zero-order valence-corrected chi connectivity index (χ0v) is 18.6. The first-order chi connectivity index (χ1) is 14.8. The van der Waals surface area contributed by atoms with Crippen molar-refractivity contribution in [2.24, 2.45) is 0 Å². The Balaban J connectivity index is 1.75. The molecule has 31 heavy (non-hydrogen) atoms. The molecular formula is C26H25ClN2O2. The molecule has 0 saturated heterocycles. The van der Waals surface area contributed by atoms with Crippen molar-refractivity contribution in [1.82, 2.24) is 0 Å². The lowest BCUT2D eigenvalue weighted by atomic mass is 9.88. The lowest BCUT2D eigenvalue weighted by Crippen LogP contribution is -2.43. The molecule has 3 aromatic rings. The summed E-state index contributed by atoms with van der Waals surface area (Å²) in [7, 11) is 0. The average Bonchev–Trinajstić information content (AvgIpc) is 2.75. The molecule has 1 heterocycles. The number of hydrogen-bond acceptors (Lipinski definition) is 3. The minimum atomic E-state index is 0.0391. The van der Waals surface area contributed by atoms with E-state index in [0.29, 0.717) is 10.6 Å². The summed E-state index contributed by atoms with van der Waals surface area (Å²) in [5, 5.41) is 4.31. The molecule has 1 N–H and O–H groups in total. The topological polar surface area (TPSA) is 49.4 Å². The molecule has 0 aromatic heterocycles. The van der Waals surface area contributed by atoms with E-state index < -0.39 is 0 Å². The van der Waals surface area contributed by atoms with Crippen LogP contribution in [0.3, 0.4) is 0 Å². The maximum atomic E-state index is 12.4. The van der Waals surface area contributed by atoms with Crippen molar-refractivity contribution in [1.29, 1.82) is 0 Å². The summed E-state index contributed by atoms with van der Waals surface area (Å²) in [4.78, 5) is 25.9. The summed E-state index contributed by atoms with van der Waals surface area (Å²) in [5.41, 5.74) is 5.78. The van der Waals surface area contributed by atoms with Gasteiger partial charge in [0.1, 0.15) is 0 Å². The van der Waals surface area contributed by atoms with E-state index in [4.69, 9.17) is 11.6 Å². The predicted octanol–water partition coefficient (Wildman–Crippen LogP) is 6.51. The van der Waals surface area contributed by atoms with Gasteiger partial charge in [0.15, 0.2) is 5.78 Å². The van der Waals surface area contributed by atoms with Gasteiger partial charge >= 0.3 is 0 Å². The van der Waals surface area contributed by atoms with E-state index >= 15 is 0 Å². The first kappa shape index (κ1) is 21.1. The second-order valence-electron chi connectivity index (χ2n) is 8.08. The summed E-state index contributed by atoms with van der Waals surface area (Å²) in [6.45, 7) is 5.26. The standard InChI is InChI=1S/C26H25ClN2O2/c1-16-14-25(28-23-11-9-22(27)10-12-23)24-15-21(8-13-26(24)29(16)18(3)31)20-6-4-19(5-7-20)17(2)30/h4-13,15-16,25,28H,14H2,1-3H3. The zero-order valence-electron chi connectivity index (χ0n) is 17.9. The molecule has 4 nitrogen and oxygen atoms in total. The molecule has 2 unspecified atom stereocenters. The largest absolute Gasteiger partial charge is 0.378 e. The molecule has 0 aliphatic carbocycles. The predicted molar refractivity (Wildman–Crippen MR) is 127 cm³/mol. The highest BCUT2D eigenvalue weighted by molar-refractivity contribution is 6.30. The Morgan fingerprint density at radius 3 is 2.19 bits per heavy atom. The van der Waals surface area contributed by atoms with Gasteiger partial charge in [-0.3, -0.25) is 9.59 Å². The van der Waals surface area contributed by atoms with Gasteiger partial charge in [-0.15, -0.1) is 0 Å². The zero-order chi connectivity index (χ0) is 22.1. The van der Waals surface area contributed by atoms with Gasteiger partial charge in [0, 0.05) is 34.9 Å². The van der Waals surface area contributed by atoms with Gasteiger partial charge < -0.3 is 10.2 Å². The third-order valence-corrected chi connectivity index (χ3v) is 6.08. The molecule has 0 spiro atoms. The molecule has 0 saturated carbocycles. The number of ketones is 1. The number of amides is 1. The van der Waals surface area contributed by atoms with Crippen molar-refractivity contribution in [2.75, 3.05) is 10.2 Å². The number of carbonyl (C=O) groups excluding carboxylic acids is 2. The second kappa shape index (κ2) is 8.56. The van der Waals surface area contributed by atoms with Gasteiger partial charge in [-0.2, -0.15) is 0 Å². The van der Waals surface area contributed by atoms with E-state index in [1.807, 2.05) is 65.6 Å². The van der Waals surface area contributed by atoms with Crippen molar-refractivity contribution < 1.29 is 9.59 Å². The Bertz CT molecular complexity index is 1120. The van der Waals surface area contributed by atoms with E-state index in [0.717, 1.165) is 34.5 Å². The molecule has 1 aliphatic heterocycles. The number of halogens is 1. The summed E-state index contributed by atoms with van der Waals surface area (Å²) in [5.74, 6) is 0.0903. The van der Waals surface area contributed by atoms with Crippen LogP contribution in [0, 0.1) is 0 Å². The monoisotopic (exact) mass is 432 g/mol. The van der Waals surface area contributed by atoms with Crippen LogP contribution in [-0.4, -0.2) is 17.7 Å². The minimum absolute atomic E-state index is 0.0391. The van der Waals surface area contributed by atoms with Crippen molar-refractivity contribution in [3.05, 3.63) is 82.9 Å². The fraction of sp³-hybridized carbons (Fsp3) is 0.231. The van der Waals surface area contributed by atoms with Crippen molar-refractivity contribution >= 4 is 34.7 Å².